The van der Waals surface area contributed by atoms with E-state index in [9.17, 15) is 0 Å². The molecule has 0 spiro atoms. The summed E-state index contributed by atoms with van der Waals surface area (Å²) in [7, 11) is 0. The number of hydrogen-bond donors (Lipinski definition) is 1. The van der Waals surface area contributed by atoms with Crippen LogP contribution in [0.4, 0.5) is 4.70 Å². The second-order valence-corrected chi connectivity index (χ2v) is 5.18. The van der Waals surface area contributed by atoms with Crippen molar-refractivity contribution in [3.8, 4) is 0 Å². The van der Waals surface area contributed by atoms with Gasteiger partial charge in [0.1, 0.15) is 0 Å². The summed E-state index contributed by atoms with van der Waals surface area (Å²) in [6, 6.07) is 0. The number of hydrogen-bond acceptors (Lipinski definition) is 2. The lowest BCUT2D eigenvalue weighted by molar-refractivity contribution is 0.154. The molecule has 2 aliphatic heterocycles. The van der Waals surface area contributed by atoms with E-state index >= 15 is 0 Å². The van der Waals surface area contributed by atoms with Crippen LogP contribution in [-0.2, 0) is 0 Å². The lowest BCUT2D eigenvalue weighted by Gasteiger charge is -2.34. The third-order valence-electron chi connectivity index (χ3n) is 3.85. The van der Waals surface area contributed by atoms with Crippen LogP contribution in [0.15, 0.2) is 0 Å². The molecule has 2 rings (SSSR count). The Kier molecular flexibility index (Phi) is 9.75. The van der Waals surface area contributed by atoms with Crippen LogP contribution in [0.3, 0.4) is 0 Å². The Balaban J connectivity index is 0.000000811. The largest absolute Gasteiger partial charge is 0.317 e. The van der Waals surface area contributed by atoms with Crippen LogP contribution in [-0.4, -0.2) is 37.6 Å². The van der Waals surface area contributed by atoms with Gasteiger partial charge < -0.3 is 10.2 Å². The highest BCUT2D eigenvalue weighted by Crippen LogP contribution is 2.19. The number of piperidine rings is 2. The van der Waals surface area contributed by atoms with Crippen molar-refractivity contribution in [2.24, 2.45) is 11.8 Å². The fraction of sp³-hybridized carbons (Fsp3) is 1.00. The Bertz CT molecular complexity index is 162. The minimum atomic E-state index is 0. The number of rotatable bonds is 2. The second kappa shape index (κ2) is 9.84. The van der Waals surface area contributed by atoms with Crippen LogP contribution in [0.25, 0.3) is 0 Å². The van der Waals surface area contributed by atoms with Crippen LogP contribution >= 0.6 is 0 Å². The SMILES string of the molecule is CC.CC1CCN(CC2CCNCC2)CC1.F. The van der Waals surface area contributed by atoms with Crippen LogP contribution < -0.4 is 5.32 Å². The Morgan fingerprint density at radius 3 is 2.06 bits per heavy atom. The van der Waals surface area contributed by atoms with E-state index in [4.69, 9.17) is 0 Å². The highest BCUT2D eigenvalue weighted by Gasteiger charge is 2.20. The highest BCUT2D eigenvalue weighted by molar-refractivity contribution is 4.75. The van der Waals surface area contributed by atoms with Gasteiger partial charge in [0, 0.05) is 6.54 Å². The molecule has 0 aromatic rings. The maximum atomic E-state index is 3.44. The van der Waals surface area contributed by atoms with Crippen molar-refractivity contribution in [1.82, 2.24) is 10.2 Å². The Labute approximate surface area is 107 Å². The molecule has 0 bridgehead atoms. The van der Waals surface area contributed by atoms with Gasteiger partial charge in [-0.05, 0) is 63.7 Å². The molecule has 2 aliphatic rings. The molecule has 104 valence electrons. The van der Waals surface area contributed by atoms with Gasteiger partial charge >= 0.3 is 0 Å². The van der Waals surface area contributed by atoms with Gasteiger partial charge in [0.15, 0.2) is 0 Å². The number of nitrogens with zero attached hydrogens (tertiary/aromatic N) is 1. The molecule has 0 unspecified atom stereocenters. The lowest BCUT2D eigenvalue weighted by atomic mass is 9.94. The van der Waals surface area contributed by atoms with Gasteiger partial charge in [0.25, 0.3) is 0 Å². The first kappa shape index (κ1) is 16.9. The first-order valence-electron chi connectivity index (χ1n) is 7.27. The molecule has 1 N–H and O–H groups in total. The van der Waals surface area contributed by atoms with Crippen molar-refractivity contribution in [1.29, 1.82) is 0 Å². The molecule has 0 atom stereocenters. The van der Waals surface area contributed by atoms with Crippen molar-refractivity contribution in [2.45, 2.75) is 46.5 Å². The monoisotopic (exact) mass is 246 g/mol. The van der Waals surface area contributed by atoms with Crippen molar-refractivity contribution in [3.05, 3.63) is 0 Å². The zero-order chi connectivity index (χ0) is 11.8. The summed E-state index contributed by atoms with van der Waals surface area (Å²) in [6.45, 7) is 13.0. The quantitative estimate of drug-likeness (QED) is 0.806. The van der Waals surface area contributed by atoms with Crippen molar-refractivity contribution in [3.63, 3.8) is 0 Å². The van der Waals surface area contributed by atoms with E-state index < -0.39 is 0 Å². The molecule has 0 aliphatic carbocycles. The molecule has 0 aromatic heterocycles. The summed E-state index contributed by atoms with van der Waals surface area (Å²) < 4.78 is 0. The normalized spacial score (nSPS) is 23.5. The highest BCUT2D eigenvalue weighted by atomic mass is 19.0. The molecule has 0 radical (unpaired) electrons. The summed E-state index contributed by atoms with van der Waals surface area (Å²) >= 11 is 0. The smallest absolute Gasteiger partial charge is 0.00106 e. The molecular weight excluding hydrogens is 215 g/mol. The van der Waals surface area contributed by atoms with Gasteiger partial charge in [0.05, 0.1) is 0 Å². The van der Waals surface area contributed by atoms with E-state index in [1.807, 2.05) is 13.8 Å². The molecule has 2 saturated heterocycles. The summed E-state index contributed by atoms with van der Waals surface area (Å²) in [6.07, 6.45) is 5.63. The molecular formula is C14H31FN2. The standard InChI is InChI=1S/C12H24N2.C2H6.FH/c1-11-4-8-14(9-5-11)10-12-2-6-13-7-3-12;1-2;/h11-13H,2-10H2,1H3;1-2H3;1H. The number of likely N-dealkylation sites (tertiary alicyclic amines) is 1. The summed E-state index contributed by atoms with van der Waals surface area (Å²) in [5, 5.41) is 3.44. The Morgan fingerprint density at radius 1 is 1.00 bits per heavy atom. The molecule has 2 nitrogen and oxygen atoms in total. The maximum Gasteiger partial charge on any atom is 0.00106 e. The van der Waals surface area contributed by atoms with Crippen LogP contribution in [0.1, 0.15) is 46.5 Å². The minimum absolute atomic E-state index is 0. The van der Waals surface area contributed by atoms with E-state index in [1.165, 1.54) is 58.4 Å². The number of halogens is 1. The number of nitrogens with one attached hydrogen (secondary N) is 1. The van der Waals surface area contributed by atoms with Gasteiger partial charge in [-0.15, -0.1) is 0 Å². The van der Waals surface area contributed by atoms with E-state index in [2.05, 4.69) is 17.1 Å². The zero-order valence-electron chi connectivity index (χ0n) is 11.9. The Morgan fingerprint density at radius 2 is 1.53 bits per heavy atom. The summed E-state index contributed by atoms with van der Waals surface area (Å²) in [5.41, 5.74) is 0. The third kappa shape index (κ3) is 6.37. The molecule has 3 heteroatoms. The van der Waals surface area contributed by atoms with Gasteiger partial charge in [-0.3, -0.25) is 4.70 Å². The molecule has 2 fully saturated rings. The first-order chi connectivity index (χ1) is 7.84. The fourth-order valence-corrected chi connectivity index (χ4v) is 2.67. The van der Waals surface area contributed by atoms with Crippen LogP contribution in [0.2, 0.25) is 0 Å². The molecule has 17 heavy (non-hydrogen) atoms. The minimum Gasteiger partial charge on any atom is -0.317 e. The fourth-order valence-electron chi connectivity index (χ4n) is 2.67. The van der Waals surface area contributed by atoms with Crippen molar-refractivity contribution >= 4 is 0 Å². The predicted molar refractivity (Wildman–Crippen MR) is 74.3 cm³/mol. The van der Waals surface area contributed by atoms with Gasteiger partial charge in [0.2, 0.25) is 0 Å². The summed E-state index contributed by atoms with van der Waals surface area (Å²) in [5.74, 6) is 1.95. The van der Waals surface area contributed by atoms with E-state index in [-0.39, 0.29) is 4.70 Å². The van der Waals surface area contributed by atoms with E-state index in [1.54, 1.807) is 0 Å². The Hall–Kier alpha value is -0.150. The molecule has 0 saturated carbocycles. The van der Waals surface area contributed by atoms with Crippen molar-refractivity contribution < 1.29 is 4.70 Å². The topological polar surface area (TPSA) is 15.3 Å². The maximum absolute atomic E-state index is 3.44. The van der Waals surface area contributed by atoms with E-state index in [0.717, 1.165) is 11.8 Å². The summed E-state index contributed by atoms with van der Waals surface area (Å²) in [4.78, 5) is 2.69. The van der Waals surface area contributed by atoms with Crippen molar-refractivity contribution in [2.75, 3.05) is 32.7 Å². The molecule has 0 aromatic carbocycles. The average molecular weight is 246 g/mol. The van der Waals surface area contributed by atoms with Crippen LogP contribution in [0, 0.1) is 11.8 Å². The van der Waals surface area contributed by atoms with Gasteiger partial charge in [-0.1, -0.05) is 20.8 Å². The third-order valence-corrected chi connectivity index (χ3v) is 3.85. The zero-order valence-corrected chi connectivity index (χ0v) is 11.9. The second-order valence-electron chi connectivity index (χ2n) is 5.18. The predicted octanol–water partition coefficient (Wildman–Crippen LogP) is 2.90. The molecule has 0 amide bonds. The first-order valence-corrected chi connectivity index (χ1v) is 7.27. The average Bonchev–Trinajstić information content (AvgIpc) is 2.36. The van der Waals surface area contributed by atoms with E-state index in [0.29, 0.717) is 0 Å². The van der Waals surface area contributed by atoms with Gasteiger partial charge in [-0.2, -0.15) is 0 Å². The van der Waals surface area contributed by atoms with Gasteiger partial charge in [-0.25, -0.2) is 0 Å². The molecule has 2 heterocycles. The lowest BCUT2D eigenvalue weighted by Crippen LogP contribution is -2.39. The van der Waals surface area contributed by atoms with Crippen LogP contribution in [0.5, 0.6) is 0 Å².